The minimum atomic E-state index is -3.45. The molecule has 1 fully saturated rings. The summed E-state index contributed by atoms with van der Waals surface area (Å²) in [5, 5.41) is 0. The summed E-state index contributed by atoms with van der Waals surface area (Å²) in [5.41, 5.74) is 1.03. The zero-order chi connectivity index (χ0) is 16.9. The van der Waals surface area contributed by atoms with Gasteiger partial charge >= 0.3 is 0 Å². The van der Waals surface area contributed by atoms with Gasteiger partial charge in [-0.15, -0.1) is 0 Å². The molecule has 0 unspecified atom stereocenters. The predicted molar refractivity (Wildman–Crippen MR) is 97.2 cm³/mol. The number of nitrogens with zero attached hydrogens (tertiary/aromatic N) is 2. The number of hydrogen-bond donors (Lipinski definition) is 1. The molecule has 1 aromatic carbocycles. The summed E-state index contributed by atoms with van der Waals surface area (Å²) in [6.07, 6.45) is 0.828. The monoisotopic (exact) mass is 403 g/mol. The van der Waals surface area contributed by atoms with Crippen LogP contribution in [-0.4, -0.2) is 64.0 Å². The first-order chi connectivity index (χ1) is 10.9. The van der Waals surface area contributed by atoms with Gasteiger partial charge in [0.25, 0.3) is 0 Å². The predicted octanol–water partition coefficient (Wildman–Crippen LogP) is 2.06. The van der Waals surface area contributed by atoms with E-state index in [1.54, 1.807) is 6.07 Å². The zero-order valence-corrected chi connectivity index (χ0v) is 16.3. The third kappa shape index (κ3) is 5.53. The van der Waals surface area contributed by atoms with Gasteiger partial charge < -0.3 is 9.80 Å². The van der Waals surface area contributed by atoms with Gasteiger partial charge in [0.2, 0.25) is 10.0 Å². The Balaban J connectivity index is 1.77. The number of nitrogens with one attached hydrogen (secondary N) is 1. The number of benzene rings is 1. The standard InChI is InChI=1S/C16H26BrN3O2S/c1-3-19-9-11-20(12-10-19)8-4-7-18-23(21,22)16-6-5-14(2)13-15(16)17/h5-6,13,18H,3-4,7-12H2,1-2H3. The molecular formula is C16H26BrN3O2S. The van der Waals surface area contributed by atoms with E-state index in [9.17, 15) is 8.42 Å². The van der Waals surface area contributed by atoms with Crippen molar-refractivity contribution in [3.8, 4) is 0 Å². The maximum atomic E-state index is 12.3. The first-order valence-corrected chi connectivity index (χ1v) is 10.4. The van der Waals surface area contributed by atoms with Crippen molar-refractivity contribution in [2.45, 2.75) is 25.2 Å². The van der Waals surface area contributed by atoms with Gasteiger partial charge in [-0.3, -0.25) is 0 Å². The Morgan fingerprint density at radius 3 is 2.43 bits per heavy atom. The van der Waals surface area contributed by atoms with Gasteiger partial charge in [-0.25, -0.2) is 13.1 Å². The van der Waals surface area contributed by atoms with Crippen LogP contribution < -0.4 is 4.72 Å². The van der Waals surface area contributed by atoms with Crippen molar-refractivity contribution < 1.29 is 8.42 Å². The van der Waals surface area contributed by atoms with Crippen molar-refractivity contribution in [1.29, 1.82) is 0 Å². The lowest BCUT2D eigenvalue weighted by Gasteiger charge is -2.33. The van der Waals surface area contributed by atoms with Crippen LogP contribution in [0, 0.1) is 6.92 Å². The van der Waals surface area contributed by atoms with E-state index in [1.165, 1.54) is 0 Å². The summed E-state index contributed by atoms with van der Waals surface area (Å²) >= 11 is 3.33. The van der Waals surface area contributed by atoms with Gasteiger partial charge in [0.1, 0.15) is 0 Å². The van der Waals surface area contributed by atoms with Crippen LogP contribution in [0.3, 0.4) is 0 Å². The van der Waals surface area contributed by atoms with Gasteiger partial charge in [-0.2, -0.15) is 0 Å². The molecule has 130 valence electrons. The number of hydrogen-bond acceptors (Lipinski definition) is 4. The molecule has 0 amide bonds. The Labute approximate surface area is 148 Å². The van der Waals surface area contributed by atoms with Crippen molar-refractivity contribution in [3.63, 3.8) is 0 Å². The van der Waals surface area contributed by atoms with E-state index in [1.807, 2.05) is 19.1 Å². The van der Waals surface area contributed by atoms with Crippen LogP contribution in [0.1, 0.15) is 18.9 Å². The smallest absolute Gasteiger partial charge is 0.241 e. The molecule has 0 aliphatic carbocycles. The van der Waals surface area contributed by atoms with Crippen LogP contribution >= 0.6 is 15.9 Å². The van der Waals surface area contributed by atoms with E-state index in [-0.39, 0.29) is 0 Å². The van der Waals surface area contributed by atoms with Gasteiger partial charge in [0.15, 0.2) is 0 Å². The summed E-state index contributed by atoms with van der Waals surface area (Å²) in [6, 6.07) is 5.28. The summed E-state index contributed by atoms with van der Waals surface area (Å²) in [4.78, 5) is 5.15. The molecule has 1 aliphatic rings. The van der Waals surface area contributed by atoms with Crippen LogP contribution in [-0.2, 0) is 10.0 Å². The molecule has 0 aromatic heterocycles. The molecule has 2 rings (SSSR count). The highest BCUT2D eigenvalue weighted by Crippen LogP contribution is 2.22. The lowest BCUT2D eigenvalue weighted by atomic mass is 10.2. The average Bonchev–Trinajstić information content (AvgIpc) is 2.52. The highest BCUT2D eigenvalue weighted by molar-refractivity contribution is 9.10. The van der Waals surface area contributed by atoms with Gasteiger partial charge in [-0.05, 0) is 60.1 Å². The number of halogens is 1. The maximum Gasteiger partial charge on any atom is 0.241 e. The summed E-state index contributed by atoms with van der Waals surface area (Å²) in [7, 11) is -3.45. The third-order valence-corrected chi connectivity index (χ3v) is 6.67. The third-order valence-electron chi connectivity index (χ3n) is 4.23. The molecule has 0 bridgehead atoms. The summed E-state index contributed by atoms with van der Waals surface area (Å²) in [5.74, 6) is 0. The molecule has 1 saturated heterocycles. The van der Waals surface area contributed by atoms with Gasteiger partial charge in [-0.1, -0.05) is 13.0 Å². The van der Waals surface area contributed by atoms with E-state index < -0.39 is 10.0 Å². The Morgan fingerprint density at radius 1 is 1.17 bits per heavy atom. The van der Waals surface area contributed by atoms with Crippen LogP contribution in [0.5, 0.6) is 0 Å². The highest BCUT2D eigenvalue weighted by Gasteiger charge is 2.18. The minimum Gasteiger partial charge on any atom is -0.301 e. The number of piperazine rings is 1. The second kappa shape index (κ2) is 8.58. The molecule has 0 saturated carbocycles. The van der Waals surface area contributed by atoms with Gasteiger partial charge in [0, 0.05) is 37.2 Å². The molecule has 1 N–H and O–H groups in total. The lowest BCUT2D eigenvalue weighted by Crippen LogP contribution is -2.46. The molecule has 0 atom stereocenters. The van der Waals surface area contributed by atoms with E-state index in [0.717, 1.165) is 51.3 Å². The molecule has 5 nitrogen and oxygen atoms in total. The number of aryl methyl sites for hydroxylation is 1. The minimum absolute atomic E-state index is 0.305. The first kappa shape index (κ1) is 18.9. The molecular weight excluding hydrogens is 378 g/mol. The fraction of sp³-hybridized carbons (Fsp3) is 0.625. The van der Waals surface area contributed by atoms with E-state index in [4.69, 9.17) is 0 Å². The van der Waals surface area contributed by atoms with Crippen molar-refractivity contribution in [3.05, 3.63) is 28.2 Å². The second-order valence-electron chi connectivity index (χ2n) is 5.96. The Kier molecular flexibility index (Phi) is 7.03. The van der Waals surface area contributed by atoms with Crippen molar-refractivity contribution >= 4 is 26.0 Å². The SMILES string of the molecule is CCN1CCN(CCCNS(=O)(=O)c2ccc(C)cc2Br)CC1. The molecule has 1 aromatic rings. The van der Waals surface area contributed by atoms with Crippen molar-refractivity contribution in [2.24, 2.45) is 0 Å². The normalized spacial score (nSPS) is 17.5. The first-order valence-electron chi connectivity index (χ1n) is 8.13. The zero-order valence-electron chi connectivity index (χ0n) is 13.9. The van der Waals surface area contributed by atoms with Crippen LogP contribution in [0.4, 0.5) is 0 Å². The lowest BCUT2D eigenvalue weighted by molar-refractivity contribution is 0.136. The summed E-state index contributed by atoms with van der Waals surface area (Å²) in [6.45, 7) is 11.0. The van der Waals surface area contributed by atoms with Crippen LogP contribution in [0.2, 0.25) is 0 Å². The highest BCUT2D eigenvalue weighted by atomic mass is 79.9. The fourth-order valence-electron chi connectivity index (χ4n) is 2.74. The van der Waals surface area contributed by atoms with Crippen molar-refractivity contribution in [1.82, 2.24) is 14.5 Å². The van der Waals surface area contributed by atoms with E-state index in [0.29, 0.717) is 15.9 Å². The Morgan fingerprint density at radius 2 is 1.83 bits per heavy atom. The Hall–Kier alpha value is -0.470. The topological polar surface area (TPSA) is 52.6 Å². The molecule has 7 heteroatoms. The maximum absolute atomic E-state index is 12.3. The van der Waals surface area contributed by atoms with Crippen LogP contribution in [0.15, 0.2) is 27.6 Å². The Bertz CT molecular complexity index is 614. The summed E-state index contributed by atoms with van der Waals surface area (Å²) < 4.78 is 28.0. The molecule has 23 heavy (non-hydrogen) atoms. The second-order valence-corrected chi connectivity index (χ2v) is 8.55. The van der Waals surface area contributed by atoms with E-state index in [2.05, 4.69) is 37.4 Å². The number of rotatable bonds is 7. The molecule has 1 heterocycles. The quantitative estimate of drug-likeness (QED) is 0.707. The average molecular weight is 404 g/mol. The largest absolute Gasteiger partial charge is 0.301 e. The fourth-order valence-corrected chi connectivity index (χ4v) is 5.00. The van der Waals surface area contributed by atoms with Crippen LogP contribution in [0.25, 0.3) is 0 Å². The van der Waals surface area contributed by atoms with Crippen molar-refractivity contribution in [2.75, 3.05) is 45.8 Å². The molecule has 1 aliphatic heterocycles. The number of likely N-dealkylation sites (N-methyl/N-ethyl adjacent to an activating group) is 1. The molecule has 0 spiro atoms. The van der Waals surface area contributed by atoms with Gasteiger partial charge in [0.05, 0.1) is 4.90 Å². The molecule has 0 radical (unpaired) electrons. The van der Waals surface area contributed by atoms with E-state index >= 15 is 0 Å². The number of sulfonamides is 1.